The van der Waals surface area contributed by atoms with Crippen LogP contribution in [0.4, 0.5) is 0 Å². The maximum Gasteiger partial charge on any atom is 0.0456 e. The Hall–Kier alpha value is -0.0805. The van der Waals surface area contributed by atoms with Crippen LogP contribution in [0, 0.1) is 0 Å². The summed E-state index contributed by atoms with van der Waals surface area (Å²) in [5.74, 6) is 0. The Morgan fingerprint density at radius 2 is 1.12 bits per heavy atom. The predicted octanol–water partition coefficient (Wildman–Crippen LogP) is 2.93. The molecule has 0 aromatic heterocycles. The maximum absolute atomic E-state index is 2.33. The molecular formula is C18H32FeN4P2-6. The van der Waals surface area contributed by atoms with Crippen LogP contribution in [0.3, 0.4) is 0 Å². The van der Waals surface area contributed by atoms with Crippen LogP contribution >= 0.6 is 16.4 Å². The van der Waals surface area contributed by atoms with Crippen molar-refractivity contribution in [1.82, 2.24) is 18.7 Å². The molecular weight excluding hydrogens is 390 g/mol. The Morgan fingerprint density at radius 3 is 1.44 bits per heavy atom. The molecule has 0 saturated carbocycles. The molecule has 0 aliphatic rings. The molecule has 148 valence electrons. The molecule has 2 aromatic rings. The van der Waals surface area contributed by atoms with Gasteiger partial charge >= 0.3 is 0 Å². The summed E-state index contributed by atoms with van der Waals surface area (Å²) in [6.45, 7) is 0. The summed E-state index contributed by atoms with van der Waals surface area (Å²) in [5, 5.41) is 2.94. The molecule has 0 aliphatic heterocycles. The third-order valence-electron chi connectivity index (χ3n) is 3.27. The van der Waals surface area contributed by atoms with E-state index in [1.165, 1.54) is 10.6 Å². The standard InChI is InChI=1S/C13H27N4P2.C5H5.Fe/c1-14(2)18(15(3)4)12-10-9-11-13(12)19(16(5)6)17(7)8;1-2-4-5-3-1;/h9-11H,1-8H3;1-5H;/q-1;-5;. The van der Waals surface area contributed by atoms with Gasteiger partial charge in [0.2, 0.25) is 0 Å². The van der Waals surface area contributed by atoms with Crippen molar-refractivity contribution in [2.45, 2.75) is 0 Å². The van der Waals surface area contributed by atoms with Gasteiger partial charge in [-0.1, -0.05) is 5.30 Å². The fraction of sp³-hybridized carbons (Fsp3) is 0.444. The number of hydrogen-bond donors (Lipinski definition) is 0. The summed E-state index contributed by atoms with van der Waals surface area (Å²) in [4.78, 5) is 0. The van der Waals surface area contributed by atoms with Gasteiger partial charge in [0.25, 0.3) is 0 Å². The van der Waals surface area contributed by atoms with Crippen molar-refractivity contribution in [1.29, 1.82) is 0 Å². The topological polar surface area (TPSA) is 13.0 Å². The zero-order valence-corrected chi connectivity index (χ0v) is 19.5. The van der Waals surface area contributed by atoms with Gasteiger partial charge < -0.3 is 30.3 Å². The third-order valence-corrected chi connectivity index (χ3v) is 8.12. The molecule has 2 rings (SSSR count). The van der Waals surface area contributed by atoms with Crippen molar-refractivity contribution in [3.05, 3.63) is 48.5 Å². The van der Waals surface area contributed by atoms with Crippen molar-refractivity contribution < 1.29 is 17.1 Å². The Labute approximate surface area is 167 Å². The molecule has 0 aliphatic carbocycles. The second-order valence-electron chi connectivity index (χ2n) is 6.23. The van der Waals surface area contributed by atoms with Crippen LogP contribution in [0.25, 0.3) is 0 Å². The fourth-order valence-corrected chi connectivity index (χ4v) is 7.33. The van der Waals surface area contributed by atoms with E-state index in [0.717, 1.165) is 0 Å². The second kappa shape index (κ2) is 12.3. The van der Waals surface area contributed by atoms with Crippen molar-refractivity contribution in [2.24, 2.45) is 0 Å². The Balaban J connectivity index is 0.000000820. The molecule has 7 heteroatoms. The maximum atomic E-state index is 2.33. The summed E-state index contributed by atoms with van der Waals surface area (Å²) in [6.07, 6.45) is 0. The first-order valence-electron chi connectivity index (χ1n) is 7.99. The molecule has 0 unspecified atom stereocenters. The van der Waals surface area contributed by atoms with E-state index in [1.54, 1.807) is 0 Å². The molecule has 0 radical (unpaired) electrons. The van der Waals surface area contributed by atoms with Crippen LogP contribution in [0.2, 0.25) is 0 Å². The number of hydrogen-bond acceptors (Lipinski definition) is 4. The minimum absolute atomic E-state index is 0. The van der Waals surface area contributed by atoms with E-state index in [1.807, 2.05) is 30.3 Å². The second-order valence-corrected chi connectivity index (χ2v) is 11.5. The van der Waals surface area contributed by atoms with Crippen LogP contribution in [0.15, 0.2) is 48.5 Å². The van der Waals surface area contributed by atoms with Crippen molar-refractivity contribution in [3.63, 3.8) is 0 Å². The average Bonchev–Trinajstić information content (AvgIpc) is 3.12. The summed E-state index contributed by atoms with van der Waals surface area (Å²) in [5.41, 5.74) is 0. The SMILES string of the molecule is CN(C)P(c1ccc[c-]1P(N(C)C)N(C)C)N(C)C.[Fe].[cH-]1[cH-][cH-][cH-][cH-]1. The van der Waals surface area contributed by atoms with Crippen LogP contribution in [-0.4, -0.2) is 75.1 Å². The van der Waals surface area contributed by atoms with Gasteiger partial charge in [0.15, 0.2) is 0 Å². The van der Waals surface area contributed by atoms with Gasteiger partial charge in [-0.15, -0.1) is 5.30 Å². The third kappa shape index (κ3) is 7.59. The minimum atomic E-state index is -0.410. The first kappa shape index (κ1) is 24.9. The molecule has 4 nitrogen and oxygen atoms in total. The number of rotatable bonds is 6. The van der Waals surface area contributed by atoms with Gasteiger partial charge in [-0.3, -0.25) is 18.7 Å². The Bertz CT molecular complexity index is 485. The van der Waals surface area contributed by atoms with E-state index in [2.05, 4.69) is 93.3 Å². The smallest absolute Gasteiger partial charge is 0.0456 e. The summed E-state index contributed by atoms with van der Waals surface area (Å²) >= 11 is 0. The van der Waals surface area contributed by atoms with E-state index in [9.17, 15) is 0 Å². The summed E-state index contributed by atoms with van der Waals surface area (Å²) in [6, 6.07) is 16.8. The molecule has 0 spiro atoms. The van der Waals surface area contributed by atoms with E-state index >= 15 is 0 Å². The fourth-order valence-electron chi connectivity index (χ4n) is 2.64. The van der Waals surface area contributed by atoms with Gasteiger partial charge in [-0.2, -0.15) is 6.07 Å². The van der Waals surface area contributed by atoms with Crippen LogP contribution < -0.4 is 10.6 Å². The monoisotopic (exact) mass is 422 g/mol. The van der Waals surface area contributed by atoms with Crippen LogP contribution in [0.5, 0.6) is 0 Å². The first-order chi connectivity index (χ1) is 11.3. The van der Waals surface area contributed by atoms with Crippen molar-refractivity contribution >= 4 is 27.1 Å². The van der Waals surface area contributed by atoms with Gasteiger partial charge in [-0.25, -0.2) is 12.1 Å². The van der Waals surface area contributed by atoms with Gasteiger partial charge in [0, 0.05) is 33.5 Å². The molecule has 0 heterocycles. The largest absolute Gasteiger partial charge is 0.748 e. The van der Waals surface area contributed by atoms with Crippen LogP contribution in [0.1, 0.15) is 0 Å². The molecule has 0 N–H and O–H groups in total. The normalized spacial score (nSPS) is 11.4. The van der Waals surface area contributed by atoms with E-state index in [0.29, 0.717) is 0 Å². The molecule has 0 saturated heterocycles. The van der Waals surface area contributed by atoms with Gasteiger partial charge in [-0.05, 0) is 56.4 Å². The van der Waals surface area contributed by atoms with E-state index < -0.39 is 16.4 Å². The average molecular weight is 422 g/mol. The Kier molecular flexibility index (Phi) is 12.3. The molecule has 0 amide bonds. The van der Waals surface area contributed by atoms with Crippen molar-refractivity contribution in [2.75, 3.05) is 56.4 Å². The summed E-state index contributed by atoms with van der Waals surface area (Å²) < 4.78 is 9.31. The summed E-state index contributed by atoms with van der Waals surface area (Å²) in [7, 11) is 16.5. The predicted molar refractivity (Wildman–Crippen MR) is 112 cm³/mol. The van der Waals surface area contributed by atoms with Gasteiger partial charge in [0.1, 0.15) is 0 Å². The molecule has 0 fully saturated rings. The van der Waals surface area contributed by atoms with Crippen LogP contribution in [-0.2, 0) is 17.1 Å². The minimum Gasteiger partial charge on any atom is -0.748 e. The quantitative estimate of drug-likeness (QED) is 0.403. The molecule has 0 bridgehead atoms. The van der Waals surface area contributed by atoms with Crippen molar-refractivity contribution in [3.8, 4) is 0 Å². The van der Waals surface area contributed by atoms with E-state index in [4.69, 9.17) is 0 Å². The van der Waals surface area contributed by atoms with Gasteiger partial charge in [0.05, 0.1) is 0 Å². The molecule has 25 heavy (non-hydrogen) atoms. The zero-order chi connectivity index (χ0) is 18.3. The number of nitrogens with zero attached hydrogens (tertiary/aromatic N) is 4. The molecule has 2 aromatic carbocycles. The first-order valence-corrected chi connectivity index (χ1v) is 10.5. The zero-order valence-electron chi connectivity index (χ0n) is 16.7. The van der Waals surface area contributed by atoms with E-state index in [-0.39, 0.29) is 17.1 Å². The Morgan fingerprint density at radius 1 is 0.720 bits per heavy atom. The molecule has 0 atom stereocenters.